The molecular weight excluding hydrogens is 408 g/mol. The number of carbonyl (C=O) groups excluding carboxylic acids is 3. The lowest BCUT2D eigenvalue weighted by molar-refractivity contribution is -0.145. The van der Waals surface area contributed by atoms with Crippen LogP contribution in [0, 0.1) is 5.92 Å². The number of amides is 3. The summed E-state index contributed by atoms with van der Waals surface area (Å²) >= 11 is 0. The molecule has 0 aromatic rings. The van der Waals surface area contributed by atoms with E-state index in [9.17, 15) is 29.1 Å². The fourth-order valence-corrected chi connectivity index (χ4v) is 4.02. The van der Waals surface area contributed by atoms with Crippen LogP contribution in [0.2, 0.25) is 0 Å². The summed E-state index contributed by atoms with van der Waals surface area (Å²) in [4.78, 5) is 62.3. The molecule has 0 aromatic carbocycles. The molecule has 2 saturated heterocycles. The Labute approximate surface area is 180 Å². The number of nitrogens with one attached hydrogen (secondary N) is 3. The Hall–Kier alpha value is -2.69. The highest BCUT2D eigenvalue weighted by atomic mass is 16.4. The van der Waals surface area contributed by atoms with E-state index >= 15 is 0 Å². The van der Waals surface area contributed by atoms with Crippen LogP contribution in [0.4, 0.5) is 0 Å². The van der Waals surface area contributed by atoms with Crippen molar-refractivity contribution < 1.29 is 34.2 Å². The highest BCUT2D eigenvalue weighted by molar-refractivity contribution is 5.95. The summed E-state index contributed by atoms with van der Waals surface area (Å²) in [5, 5.41) is 26.3. The summed E-state index contributed by atoms with van der Waals surface area (Å²) in [7, 11) is 0. The highest BCUT2D eigenvalue weighted by Gasteiger charge is 2.39. The zero-order chi connectivity index (χ0) is 23.1. The summed E-state index contributed by atoms with van der Waals surface area (Å²) in [5.41, 5.74) is 0. The molecule has 0 aliphatic carbocycles. The number of likely N-dealkylation sites (tertiary alicyclic amines) is 1. The van der Waals surface area contributed by atoms with Gasteiger partial charge in [0.2, 0.25) is 17.7 Å². The van der Waals surface area contributed by atoms with Crippen LogP contribution in [-0.2, 0) is 24.0 Å². The molecule has 3 amide bonds. The van der Waals surface area contributed by atoms with Gasteiger partial charge in [-0.25, -0.2) is 4.79 Å². The van der Waals surface area contributed by atoms with Crippen LogP contribution in [0.15, 0.2) is 0 Å². The van der Waals surface area contributed by atoms with Gasteiger partial charge in [-0.2, -0.15) is 0 Å². The fourth-order valence-electron chi connectivity index (χ4n) is 4.02. The molecule has 0 saturated carbocycles. The molecule has 5 N–H and O–H groups in total. The smallest absolute Gasteiger partial charge is 0.326 e. The number of carboxylic acids is 2. The van der Waals surface area contributed by atoms with Crippen LogP contribution >= 0.6 is 0 Å². The molecule has 4 atom stereocenters. The van der Waals surface area contributed by atoms with Crippen molar-refractivity contribution in [2.24, 2.45) is 5.92 Å². The first-order valence-corrected chi connectivity index (χ1v) is 10.7. The molecule has 0 radical (unpaired) electrons. The van der Waals surface area contributed by atoms with E-state index in [-0.39, 0.29) is 24.3 Å². The zero-order valence-corrected chi connectivity index (χ0v) is 17.9. The molecule has 2 aliphatic heterocycles. The van der Waals surface area contributed by atoms with E-state index in [1.807, 2.05) is 0 Å². The lowest BCUT2D eigenvalue weighted by Gasteiger charge is -2.28. The molecule has 0 aromatic heterocycles. The van der Waals surface area contributed by atoms with Gasteiger partial charge < -0.3 is 31.1 Å². The average molecular weight is 440 g/mol. The number of carboxylic acid groups (broad SMARTS) is 2. The Morgan fingerprint density at radius 2 is 1.74 bits per heavy atom. The predicted molar refractivity (Wildman–Crippen MR) is 109 cm³/mol. The van der Waals surface area contributed by atoms with Crippen molar-refractivity contribution >= 4 is 29.7 Å². The Bertz CT molecular complexity index is 706. The van der Waals surface area contributed by atoms with Gasteiger partial charge in [-0.3, -0.25) is 19.2 Å². The Balaban J connectivity index is 2.07. The topological polar surface area (TPSA) is 165 Å². The van der Waals surface area contributed by atoms with Gasteiger partial charge in [-0.05, 0) is 44.6 Å². The third-order valence-electron chi connectivity index (χ3n) is 5.53. The van der Waals surface area contributed by atoms with E-state index < -0.39 is 48.3 Å². The van der Waals surface area contributed by atoms with E-state index in [2.05, 4.69) is 16.0 Å². The van der Waals surface area contributed by atoms with Gasteiger partial charge in [0.05, 0.1) is 12.5 Å². The molecule has 0 bridgehead atoms. The molecule has 11 heteroatoms. The highest BCUT2D eigenvalue weighted by Crippen LogP contribution is 2.21. The maximum Gasteiger partial charge on any atom is 0.326 e. The molecule has 4 unspecified atom stereocenters. The van der Waals surface area contributed by atoms with Crippen molar-refractivity contribution in [3.8, 4) is 0 Å². The summed E-state index contributed by atoms with van der Waals surface area (Å²) < 4.78 is 0. The molecule has 0 spiro atoms. The van der Waals surface area contributed by atoms with Gasteiger partial charge in [0.15, 0.2) is 0 Å². The molecular formula is C20H32N4O7. The number of hydrogen-bond acceptors (Lipinski definition) is 6. The van der Waals surface area contributed by atoms with Gasteiger partial charge in [-0.15, -0.1) is 0 Å². The SMILES string of the molecule is CC(C)CC(NC(=O)C(CC(=O)O)NC(=O)C1CCCN1C(=O)C1CCCN1)C(=O)O. The second-order valence-electron chi connectivity index (χ2n) is 8.53. The van der Waals surface area contributed by atoms with Gasteiger partial charge in [0.1, 0.15) is 18.1 Å². The quantitative estimate of drug-likeness (QED) is 0.298. The fraction of sp³-hybridized carbons (Fsp3) is 0.750. The summed E-state index contributed by atoms with van der Waals surface area (Å²) in [6.07, 6.45) is 2.08. The second kappa shape index (κ2) is 11.1. The number of rotatable bonds is 10. The average Bonchev–Trinajstić information content (AvgIpc) is 3.37. The van der Waals surface area contributed by atoms with E-state index in [1.165, 1.54) is 4.90 Å². The van der Waals surface area contributed by atoms with Crippen molar-refractivity contribution in [2.45, 2.75) is 76.5 Å². The Morgan fingerprint density at radius 1 is 1.03 bits per heavy atom. The normalized spacial score (nSPS) is 22.7. The van der Waals surface area contributed by atoms with Gasteiger partial charge in [0, 0.05) is 6.54 Å². The maximum absolute atomic E-state index is 12.9. The van der Waals surface area contributed by atoms with Crippen molar-refractivity contribution in [1.82, 2.24) is 20.9 Å². The second-order valence-corrected chi connectivity index (χ2v) is 8.53. The Morgan fingerprint density at radius 3 is 2.29 bits per heavy atom. The van der Waals surface area contributed by atoms with E-state index in [1.54, 1.807) is 13.8 Å². The van der Waals surface area contributed by atoms with Crippen LogP contribution in [0.25, 0.3) is 0 Å². The van der Waals surface area contributed by atoms with Crippen LogP contribution in [-0.4, -0.2) is 82.0 Å². The maximum atomic E-state index is 12.9. The van der Waals surface area contributed by atoms with E-state index in [0.717, 1.165) is 13.0 Å². The monoisotopic (exact) mass is 440 g/mol. The van der Waals surface area contributed by atoms with Crippen molar-refractivity contribution in [1.29, 1.82) is 0 Å². The predicted octanol–water partition coefficient (Wildman–Crippen LogP) is -0.696. The van der Waals surface area contributed by atoms with Crippen LogP contribution < -0.4 is 16.0 Å². The summed E-state index contributed by atoms with van der Waals surface area (Å²) in [6, 6.07) is -3.76. The number of aliphatic carboxylic acids is 2. The lowest BCUT2D eigenvalue weighted by Crippen LogP contribution is -2.57. The van der Waals surface area contributed by atoms with Crippen molar-refractivity contribution in [3.63, 3.8) is 0 Å². The van der Waals surface area contributed by atoms with Crippen LogP contribution in [0.1, 0.15) is 52.4 Å². The molecule has 174 valence electrons. The third-order valence-corrected chi connectivity index (χ3v) is 5.53. The zero-order valence-electron chi connectivity index (χ0n) is 17.9. The lowest BCUT2D eigenvalue weighted by atomic mass is 10.0. The molecule has 31 heavy (non-hydrogen) atoms. The van der Waals surface area contributed by atoms with Crippen LogP contribution in [0.3, 0.4) is 0 Å². The van der Waals surface area contributed by atoms with E-state index in [4.69, 9.17) is 5.11 Å². The van der Waals surface area contributed by atoms with Crippen molar-refractivity contribution in [2.75, 3.05) is 13.1 Å². The summed E-state index contributed by atoms with van der Waals surface area (Å²) in [5.74, 6) is -4.23. The van der Waals surface area contributed by atoms with Crippen LogP contribution in [0.5, 0.6) is 0 Å². The third kappa shape index (κ3) is 6.91. The molecule has 11 nitrogen and oxygen atoms in total. The summed E-state index contributed by atoms with van der Waals surface area (Å²) in [6.45, 7) is 4.75. The molecule has 2 aliphatic rings. The first-order chi connectivity index (χ1) is 14.6. The van der Waals surface area contributed by atoms with Crippen molar-refractivity contribution in [3.05, 3.63) is 0 Å². The minimum Gasteiger partial charge on any atom is -0.481 e. The first kappa shape index (κ1) is 24.6. The van der Waals surface area contributed by atoms with Gasteiger partial charge >= 0.3 is 11.9 Å². The number of carbonyl (C=O) groups is 5. The molecule has 2 fully saturated rings. The van der Waals surface area contributed by atoms with E-state index in [0.29, 0.717) is 25.8 Å². The standard InChI is InChI=1S/C20H32N4O7/c1-11(2)9-14(20(30)31)23-17(27)13(10-16(25)26)22-18(28)15-6-4-8-24(15)19(29)12-5-3-7-21-12/h11-15,21H,3-10H2,1-2H3,(H,22,28)(H,23,27)(H,25,26)(H,30,31). The van der Waals surface area contributed by atoms with Gasteiger partial charge in [0.25, 0.3) is 0 Å². The van der Waals surface area contributed by atoms with Gasteiger partial charge in [-0.1, -0.05) is 13.8 Å². The first-order valence-electron chi connectivity index (χ1n) is 10.7. The number of nitrogens with zero attached hydrogens (tertiary/aromatic N) is 1. The minimum atomic E-state index is -1.44. The minimum absolute atomic E-state index is 0.0174. The Kier molecular flexibility index (Phi) is 8.78. The molecule has 2 heterocycles. The molecule has 2 rings (SSSR count). The number of hydrogen-bond donors (Lipinski definition) is 5. The largest absolute Gasteiger partial charge is 0.481 e.